The highest BCUT2D eigenvalue weighted by Gasteiger charge is 2.23. The van der Waals surface area contributed by atoms with E-state index in [-0.39, 0.29) is 5.92 Å². The molecule has 2 unspecified atom stereocenters. The Morgan fingerprint density at radius 2 is 1.86 bits per heavy atom. The first-order valence-corrected chi connectivity index (χ1v) is 7.39. The van der Waals surface area contributed by atoms with E-state index in [1.54, 1.807) is 0 Å². The molecule has 3 heteroatoms. The third-order valence-electron chi connectivity index (χ3n) is 4.20. The highest BCUT2D eigenvalue weighted by atomic mass is 16.5. The van der Waals surface area contributed by atoms with E-state index in [1.165, 1.54) is 11.1 Å². The molecule has 1 aliphatic rings. The summed E-state index contributed by atoms with van der Waals surface area (Å²) in [6, 6.07) is 14.1. The van der Waals surface area contributed by atoms with Gasteiger partial charge in [-0.1, -0.05) is 35.9 Å². The molecule has 3 N–H and O–H groups in total. The molecule has 0 radical (unpaired) electrons. The van der Waals surface area contributed by atoms with Crippen molar-refractivity contribution in [2.45, 2.75) is 25.4 Å². The average Bonchev–Trinajstić information content (AvgIpc) is 2.97. The number of aliphatic hydroxyl groups is 1. The first-order valence-electron chi connectivity index (χ1n) is 7.39. The van der Waals surface area contributed by atoms with Crippen molar-refractivity contribution in [3.8, 4) is 5.75 Å². The van der Waals surface area contributed by atoms with Gasteiger partial charge in [0.05, 0.1) is 12.7 Å². The van der Waals surface area contributed by atoms with E-state index < -0.39 is 6.10 Å². The Balaban J connectivity index is 1.88. The number of hydrogen-bond acceptors (Lipinski definition) is 3. The van der Waals surface area contributed by atoms with Crippen molar-refractivity contribution in [1.82, 2.24) is 0 Å². The first-order chi connectivity index (χ1) is 10.2. The minimum atomic E-state index is -0.594. The molecule has 0 bridgehead atoms. The highest BCUT2D eigenvalue weighted by Crippen LogP contribution is 2.34. The summed E-state index contributed by atoms with van der Waals surface area (Å²) >= 11 is 0. The van der Waals surface area contributed by atoms with Crippen LogP contribution in [0.15, 0.2) is 42.5 Å². The Kier molecular flexibility index (Phi) is 3.95. The van der Waals surface area contributed by atoms with Crippen molar-refractivity contribution in [1.29, 1.82) is 0 Å². The Morgan fingerprint density at radius 1 is 1.14 bits per heavy atom. The number of benzene rings is 2. The van der Waals surface area contributed by atoms with Gasteiger partial charge in [-0.2, -0.15) is 0 Å². The second-order valence-electron chi connectivity index (χ2n) is 5.66. The minimum Gasteiger partial charge on any atom is -0.493 e. The molecular formula is C18H21NO2. The van der Waals surface area contributed by atoms with Crippen LogP contribution in [0, 0.1) is 6.92 Å². The zero-order valence-corrected chi connectivity index (χ0v) is 12.3. The lowest BCUT2D eigenvalue weighted by Gasteiger charge is -2.23. The maximum Gasteiger partial charge on any atom is 0.122 e. The third-order valence-corrected chi connectivity index (χ3v) is 4.20. The number of nitrogens with two attached hydrogens (primary N) is 1. The monoisotopic (exact) mass is 283 g/mol. The molecule has 0 spiro atoms. The summed E-state index contributed by atoms with van der Waals surface area (Å²) in [5.74, 6) is 0.844. The van der Waals surface area contributed by atoms with Gasteiger partial charge in [-0.25, -0.2) is 0 Å². The van der Waals surface area contributed by atoms with E-state index >= 15 is 0 Å². The fourth-order valence-electron chi connectivity index (χ4n) is 2.88. The van der Waals surface area contributed by atoms with Crippen LogP contribution in [0.1, 0.15) is 34.3 Å². The molecule has 0 saturated heterocycles. The van der Waals surface area contributed by atoms with E-state index in [9.17, 15) is 5.11 Å². The zero-order valence-electron chi connectivity index (χ0n) is 12.3. The quantitative estimate of drug-likeness (QED) is 0.907. The fraction of sp³-hybridized carbons (Fsp3) is 0.333. The Morgan fingerprint density at radius 3 is 2.57 bits per heavy atom. The molecule has 21 heavy (non-hydrogen) atoms. The molecule has 3 rings (SSSR count). The van der Waals surface area contributed by atoms with Gasteiger partial charge in [0.1, 0.15) is 5.75 Å². The van der Waals surface area contributed by atoms with Gasteiger partial charge < -0.3 is 15.6 Å². The van der Waals surface area contributed by atoms with Crippen molar-refractivity contribution in [3.05, 3.63) is 64.7 Å². The topological polar surface area (TPSA) is 55.5 Å². The summed E-state index contributed by atoms with van der Waals surface area (Å²) in [7, 11) is 0. The van der Waals surface area contributed by atoms with Crippen LogP contribution in [0.3, 0.4) is 0 Å². The molecule has 1 aliphatic heterocycles. The van der Waals surface area contributed by atoms with Crippen LogP contribution in [0.2, 0.25) is 0 Å². The van der Waals surface area contributed by atoms with Crippen molar-refractivity contribution in [3.63, 3.8) is 0 Å². The van der Waals surface area contributed by atoms with Gasteiger partial charge in [-0.05, 0) is 35.7 Å². The van der Waals surface area contributed by atoms with E-state index in [1.807, 2.05) is 30.3 Å². The van der Waals surface area contributed by atoms with E-state index in [0.717, 1.165) is 29.9 Å². The number of rotatable bonds is 4. The van der Waals surface area contributed by atoms with Crippen LogP contribution in [0.25, 0.3) is 0 Å². The smallest absolute Gasteiger partial charge is 0.122 e. The number of aliphatic hydroxyl groups excluding tert-OH is 1. The van der Waals surface area contributed by atoms with Gasteiger partial charge in [0, 0.05) is 18.9 Å². The van der Waals surface area contributed by atoms with Gasteiger partial charge in [-0.3, -0.25) is 0 Å². The minimum absolute atomic E-state index is 0.0917. The zero-order chi connectivity index (χ0) is 14.8. The van der Waals surface area contributed by atoms with Crippen LogP contribution in [0.4, 0.5) is 0 Å². The summed E-state index contributed by atoms with van der Waals surface area (Å²) in [5, 5.41) is 10.7. The van der Waals surface area contributed by atoms with Crippen molar-refractivity contribution in [2.24, 2.45) is 5.73 Å². The number of hydrogen-bond donors (Lipinski definition) is 2. The van der Waals surface area contributed by atoms with Crippen molar-refractivity contribution >= 4 is 0 Å². The predicted octanol–water partition coefficient (Wildman–Crippen LogP) is 2.71. The van der Waals surface area contributed by atoms with Crippen LogP contribution >= 0.6 is 0 Å². The standard InChI is InChI=1S/C18H21NO2/c1-12-2-4-13(5-3-12)16(11-19)18(20)15-6-7-17-14(10-15)8-9-21-17/h2-7,10,16,18,20H,8-9,11,19H2,1H3. The summed E-state index contributed by atoms with van der Waals surface area (Å²) in [6.45, 7) is 3.20. The van der Waals surface area contributed by atoms with E-state index in [2.05, 4.69) is 19.1 Å². The number of aryl methyl sites for hydroxylation is 1. The summed E-state index contributed by atoms with van der Waals surface area (Å²) < 4.78 is 5.51. The van der Waals surface area contributed by atoms with E-state index in [4.69, 9.17) is 10.5 Å². The normalized spacial score (nSPS) is 16.1. The summed E-state index contributed by atoms with van der Waals surface area (Å²) in [6.07, 6.45) is 0.317. The molecule has 0 aromatic heterocycles. The Hall–Kier alpha value is -1.84. The molecule has 0 aliphatic carbocycles. The molecule has 0 saturated carbocycles. The third kappa shape index (κ3) is 2.80. The van der Waals surface area contributed by atoms with Crippen LogP contribution in [0.5, 0.6) is 5.75 Å². The predicted molar refractivity (Wildman–Crippen MR) is 83.6 cm³/mol. The molecule has 0 fully saturated rings. The van der Waals surface area contributed by atoms with Crippen LogP contribution < -0.4 is 10.5 Å². The maximum absolute atomic E-state index is 10.7. The molecular weight excluding hydrogens is 262 g/mol. The molecule has 2 aromatic rings. The van der Waals surface area contributed by atoms with Gasteiger partial charge >= 0.3 is 0 Å². The van der Waals surface area contributed by atoms with Gasteiger partial charge in [-0.15, -0.1) is 0 Å². The van der Waals surface area contributed by atoms with E-state index in [0.29, 0.717) is 6.54 Å². The summed E-state index contributed by atoms with van der Waals surface area (Å²) in [4.78, 5) is 0. The second-order valence-corrected chi connectivity index (χ2v) is 5.66. The lowest BCUT2D eigenvalue weighted by atomic mass is 9.88. The number of ether oxygens (including phenoxy) is 1. The Bertz CT molecular complexity index is 622. The molecule has 3 nitrogen and oxygen atoms in total. The van der Waals surface area contributed by atoms with Crippen LogP contribution in [-0.4, -0.2) is 18.3 Å². The molecule has 1 heterocycles. The Labute approximate surface area is 125 Å². The number of fused-ring (bicyclic) bond motifs is 1. The first kappa shape index (κ1) is 14.1. The summed E-state index contributed by atoms with van der Waals surface area (Å²) in [5.41, 5.74) is 10.3. The second kappa shape index (κ2) is 5.88. The van der Waals surface area contributed by atoms with Crippen LogP contribution in [-0.2, 0) is 6.42 Å². The van der Waals surface area contributed by atoms with Gasteiger partial charge in [0.15, 0.2) is 0 Å². The highest BCUT2D eigenvalue weighted by molar-refractivity contribution is 5.41. The van der Waals surface area contributed by atoms with Crippen molar-refractivity contribution in [2.75, 3.05) is 13.2 Å². The van der Waals surface area contributed by atoms with Gasteiger partial charge in [0.25, 0.3) is 0 Å². The SMILES string of the molecule is Cc1ccc(C(CN)C(O)c2ccc3c(c2)CCO3)cc1. The average molecular weight is 283 g/mol. The molecule has 110 valence electrons. The fourth-order valence-corrected chi connectivity index (χ4v) is 2.88. The maximum atomic E-state index is 10.7. The molecule has 2 atom stereocenters. The van der Waals surface area contributed by atoms with Crippen molar-refractivity contribution < 1.29 is 9.84 Å². The lowest BCUT2D eigenvalue weighted by Crippen LogP contribution is -2.20. The van der Waals surface area contributed by atoms with Gasteiger partial charge in [0.2, 0.25) is 0 Å². The lowest BCUT2D eigenvalue weighted by molar-refractivity contribution is 0.147. The molecule has 0 amide bonds. The molecule has 2 aromatic carbocycles. The largest absolute Gasteiger partial charge is 0.493 e.